The number of aliphatic hydroxyl groups is 2. The first-order valence-electron chi connectivity index (χ1n) is 7.55. The van der Waals surface area contributed by atoms with E-state index in [1.165, 1.54) is 24.3 Å². The summed E-state index contributed by atoms with van der Waals surface area (Å²) in [5, 5.41) is 33.8. The van der Waals surface area contributed by atoms with E-state index >= 15 is 0 Å². The SMILES string of the molecule is O=C(O)c1ccccc1C(=O)O.OCCOCCOCCOCCO. The molecule has 0 unspecified atom stereocenters. The molecule has 0 atom stereocenters. The van der Waals surface area contributed by atoms with E-state index in [2.05, 4.69) is 0 Å². The van der Waals surface area contributed by atoms with Crippen molar-refractivity contribution in [2.45, 2.75) is 0 Å². The molecule has 0 saturated carbocycles. The molecule has 0 fully saturated rings. The highest BCUT2D eigenvalue weighted by Gasteiger charge is 2.13. The van der Waals surface area contributed by atoms with Gasteiger partial charge in [0.15, 0.2) is 0 Å². The van der Waals surface area contributed by atoms with Gasteiger partial charge in [-0.3, -0.25) is 0 Å². The van der Waals surface area contributed by atoms with Crippen LogP contribution in [0.2, 0.25) is 0 Å². The number of hydrogen-bond donors (Lipinski definition) is 4. The van der Waals surface area contributed by atoms with Gasteiger partial charge in [-0.2, -0.15) is 0 Å². The Kier molecular flexibility index (Phi) is 14.2. The average Bonchev–Trinajstić information content (AvgIpc) is 2.61. The molecule has 0 aliphatic heterocycles. The highest BCUT2D eigenvalue weighted by molar-refractivity contribution is 6.01. The van der Waals surface area contributed by atoms with Crippen LogP contribution in [0.4, 0.5) is 0 Å². The lowest BCUT2D eigenvalue weighted by atomic mass is 10.1. The van der Waals surface area contributed by atoms with Gasteiger partial charge in [0, 0.05) is 0 Å². The van der Waals surface area contributed by atoms with Crippen molar-refractivity contribution in [1.29, 1.82) is 0 Å². The molecule has 4 N–H and O–H groups in total. The first kappa shape index (κ1) is 23.0. The van der Waals surface area contributed by atoms with Crippen LogP contribution in [0.15, 0.2) is 24.3 Å². The van der Waals surface area contributed by atoms with E-state index in [1.807, 2.05) is 0 Å². The average molecular weight is 360 g/mol. The smallest absolute Gasteiger partial charge is 0.336 e. The molecular weight excluding hydrogens is 336 g/mol. The summed E-state index contributed by atoms with van der Waals surface area (Å²) < 4.78 is 15.0. The van der Waals surface area contributed by atoms with Crippen molar-refractivity contribution in [1.82, 2.24) is 0 Å². The van der Waals surface area contributed by atoms with E-state index in [-0.39, 0.29) is 24.3 Å². The maximum atomic E-state index is 10.5. The summed E-state index contributed by atoms with van der Waals surface area (Å²) in [6.07, 6.45) is 0. The molecule has 0 aliphatic rings. The molecule has 142 valence electrons. The maximum Gasteiger partial charge on any atom is 0.336 e. The van der Waals surface area contributed by atoms with Crippen LogP contribution in [-0.4, -0.2) is 85.2 Å². The van der Waals surface area contributed by atoms with Crippen molar-refractivity contribution in [3.05, 3.63) is 35.4 Å². The Balaban J connectivity index is 0.000000462. The molecule has 25 heavy (non-hydrogen) atoms. The first-order chi connectivity index (χ1) is 12.0. The first-order valence-corrected chi connectivity index (χ1v) is 7.55. The lowest BCUT2D eigenvalue weighted by Gasteiger charge is -2.04. The molecule has 0 bridgehead atoms. The predicted octanol–water partition coefficient (Wildman–Crippen LogP) is 0.104. The number of rotatable bonds is 12. The molecule has 0 amide bonds. The lowest BCUT2D eigenvalue weighted by Crippen LogP contribution is -2.11. The third kappa shape index (κ3) is 12.0. The van der Waals surface area contributed by atoms with Crippen LogP contribution in [0.1, 0.15) is 20.7 Å². The Hall–Kier alpha value is -2.04. The third-order valence-electron chi connectivity index (χ3n) is 2.60. The third-order valence-corrected chi connectivity index (χ3v) is 2.60. The van der Waals surface area contributed by atoms with Crippen molar-refractivity contribution in [3.63, 3.8) is 0 Å². The van der Waals surface area contributed by atoms with Crippen LogP contribution in [0.5, 0.6) is 0 Å². The molecule has 9 nitrogen and oxygen atoms in total. The van der Waals surface area contributed by atoms with Crippen molar-refractivity contribution >= 4 is 11.9 Å². The Bertz CT molecular complexity index is 447. The molecule has 1 aromatic rings. The maximum absolute atomic E-state index is 10.5. The standard InChI is InChI=1S/C8H18O5.C8H6O4/c9-1-3-11-5-7-13-8-6-12-4-2-10;9-7(10)5-3-1-2-4-6(5)8(11)12/h9-10H,1-8H2;1-4H,(H,9,10)(H,11,12). The number of aromatic carboxylic acids is 2. The summed E-state index contributed by atoms with van der Waals surface area (Å²) in [6.45, 7) is 2.76. The largest absolute Gasteiger partial charge is 0.478 e. The number of aliphatic hydroxyl groups excluding tert-OH is 2. The molecular formula is C16H24O9. The zero-order valence-corrected chi connectivity index (χ0v) is 13.8. The van der Waals surface area contributed by atoms with E-state index < -0.39 is 11.9 Å². The zero-order valence-electron chi connectivity index (χ0n) is 13.8. The van der Waals surface area contributed by atoms with Crippen molar-refractivity contribution < 1.29 is 44.2 Å². The number of benzene rings is 1. The Morgan fingerprint density at radius 3 is 1.28 bits per heavy atom. The fourth-order valence-electron chi connectivity index (χ4n) is 1.53. The number of hydrogen-bond acceptors (Lipinski definition) is 7. The molecule has 1 rings (SSSR count). The quantitative estimate of drug-likeness (QED) is 0.382. The molecule has 1 aromatic carbocycles. The Morgan fingerprint density at radius 1 is 0.680 bits per heavy atom. The second-order valence-corrected chi connectivity index (χ2v) is 4.44. The topological polar surface area (TPSA) is 143 Å². The normalized spacial score (nSPS) is 10.0. The molecule has 0 aromatic heterocycles. The van der Waals surface area contributed by atoms with E-state index in [1.54, 1.807) is 0 Å². The summed E-state index contributed by atoms with van der Waals surface area (Å²) in [4.78, 5) is 20.9. The number of carboxylic acid groups (broad SMARTS) is 2. The van der Waals surface area contributed by atoms with Crippen LogP contribution in [-0.2, 0) is 14.2 Å². The van der Waals surface area contributed by atoms with Crippen LogP contribution in [0.25, 0.3) is 0 Å². The molecule has 0 saturated heterocycles. The van der Waals surface area contributed by atoms with Gasteiger partial charge in [0.25, 0.3) is 0 Å². The minimum absolute atomic E-state index is 0.0413. The summed E-state index contributed by atoms with van der Waals surface area (Å²) in [5.74, 6) is -2.46. The van der Waals surface area contributed by atoms with Gasteiger partial charge >= 0.3 is 11.9 Å². The predicted molar refractivity (Wildman–Crippen MR) is 87.0 cm³/mol. The van der Waals surface area contributed by atoms with Crippen LogP contribution in [0, 0.1) is 0 Å². The van der Waals surface area contributed by atoms with Gasteiger partial charge in [-0.1, -0.05) is 12.1 Å². The fourth-order valence-corrected chi connectivity index (χ4v) is 1.53. The molecule has 9 heteroatoms. The molecule has 0 aliphatic carbocycles. The minimum atomic E-state index is -1.23. The van der Waals surface area contributed by atoms with Gasteiger partial charge < -0.3 is 34.6 Å². The lowest BCUT2D eigenvalue weighted by molar-refractivity contribution is 0.00230. The van der Waals surface area contributed by atoms with Crippen LogP contribution >= 0.6 is 0 Å². The molecule has 0 spiro atoms. The second kappa shape index (κ2) is 15.5. The van der Waals surface area contributed by atoms with Gasteiger partial charge in [0.2, 0.25) is 0 Å². The van der Waals surface area contributed by atoms with Crippen molar-refractivity contribution in [2.75, 3.05) is 52.9 Å². The summed E-state index contributed by atoms with van der Waals surface area (Å²) >= 11 is 0. The number of ether oxygens (including phenoxy) is 3. The van der Waals surface area contributed by atoms with E-state index in [0.29, 0.717) is 39.6 Å². The van der Waals surface area contributed by atoms with Crippen LogP contribution in [0.3, 0.4) is 0 Å². The van der Waals surface area contributed by atoms with Crippen molar-refractivity contribution in [3.8, 4) is 0 Å². The van der Waals surface area contributed by atoms with E-state index in [0.717, 1.165) is 0 Å². The van der Waals surface area contributed by atoms with E-state index in [4.69, 9.17) is 34.6 Å². The summed E-state index contributed by atoms with van der Waals surface area (Å²) in [6, 6.07) is 5.48. The number of carboxylic acids is 2. The number of carbonyl (C=O) groups is 2. The zero-order chi connectivity index (χ0) is 18.9. The highest BCUT2D eigenvalue weighted by atomic mass is 16.5. The van der Waals surface area contributed by atoms with Gasteiger partial charge in [-0.05, 0) is 12.1 Å². The van der Waals surface area contributed by atoms with Crippen LogP contribution < -0.4 is 0 Å². The fraction of sp³-hybridized carbons (Fsp3) is 0.500. The highest BCUT2D eigenvalue weighted by Crippen LogP contribution is 2.07. The summed E-state index contributed by atoms with van der Waals surface area (Å²) in [5.41, 5.74) is -0.380. The van der Waals surface area contributed by atoms with Gasteiger partial charge in [0.1, 0.15) is 0 Å². The summed E-state index contributed by atoms with van der Waals surface area (Å²) in [7, 11) is 0. The second-order valence-electron chi connectivity index (χ2n) is 4.44. The van der Waals surface area contributed by atoms with Gasteiger partial charge in [0.05, 0.1) is 64.0 Å². The van der Waals surface area contributed by atoms with Gasteiger partial charge in [-0.15, -0.1) is 0 Å². The molecule has 0 radical (unpaired) electrons. The Morgan fingerprint density at radius 2 is 1.00 bits per heavy atom. The van der Waals surface area contributed by atoms with E-state index in [9.17, 15) is 9.59 Å². The monoisotopic (exact) mass is 360 g/mol. The van der Waals surface area contributed by atoms with Crippen molar-refractivity contribution in [2.24, 2.45) is 0 Å². The molecule has 0 heterocycles. The minimum Gasteiger partial charge on any atom is -0.478 e. The Labute approximate surface area is 145 Å². The van der Waals surface area contributed by atoms with Gasteiger partial charge in [-0.25, -0.2) is 9.59 Å².